The molecule has 5 heteroatoms. The van der Waals surface area contributed by atoms with E-state index in [2.05, 4.69) is 17.2 Å². The van der Waals surface area contributed by atoms with Crippen LogP contribution in [0.1, 0.15) is 23.7 Å². The summed E-state index contributed by atoms with van der Waals surface area (Å²) in [5.74, 6) is -0.0503. The molecule has 1 aliphatic rings. The third kappa shape index (κ3) is 2.56. The summed E-state index contributed by atoms with van der Waals surface area (Å²) in [6.45, 7) is 4.42. The molecule has 2 N–H and O–H groups in total. The zero-order chi connectivity index (χ0) is 14.8. The van der Waals surface area contributed by atoms with Crippen molar-refractivity contribution in [2.24, 2.45) is 0 Å². The molecule has 0 spiro atoms. The van der Waals surface area contributed by atoms with Gasteiger partial charge in [0.25, 0.3) is 5.91 Å². The van der Waals surface area contributed by atoms with Crippen LogP contribution in [0, 0.1) is 0 Å². The predicted molar refractivity (Wildman–Crippen MR) is 82.6 cm³/mol. The smallest absolute Gasteiger partial charge is 0.255 e. The number of nitrogens with one attached hydrogen (secondary N) is 2. The number of hydrogen-bond acceptors (Lipinski definition) is 3. The Bertz CT molecular complexity index is 719. The molecule has 5 nitrogen and oxygen atoms in total. The van der Waals surface area contributed by atoms with Crippen LogP contribution in [0.25, 0.3) is 10.9 Å². The Morgan fingerprint density at radius 2 is 2.10 bits per heavy atom. The van der Waals surface area contributed by atoms with E-state index in [1.54, 1.807) is 0 Å². The summed E-state index contributed by atoms with van der Waals surface area (Å²) < 4.78 is 0. The average molecular weight is 285 g/mol. The first-order valence-electron chi connectivity index (χ1n) is 7.34. The molecule has 1 aliphatic heterocycles. The van der Waals surface area contributed by atoms with Crippen molar-refractivity contribution in [3.05, 3.63) is 46.2 Å². The van der Waals surface area contributed by atoms with Crippen molar-refractivity contribution in [2.45, 2.75) is 19.4 Å². The number of H-pyrrole nitrogens is 1. The monoisotopic (exact) mass is 285 g/mol. The molecule has 1 aromatic carbocycles. The van der Waals surface area contributed by atoms with Crippen molar-refractivity contribution in [1.29, 1.82) is 0 Å². The Labute approximate surface area is 123 Å². The SMILES string of the molecule is CCCN(C(=O)c1cc(=O)[nH]c2ccccc12)C1CNC1. The summed E-state index contributed by atoms with van der Waals surface area (Å²) >= 11 is 0. The second-order valence-corrected chi connectivity index (χ2v) is 5.40. The van der Waals surface area contributed by atoms with Crippen molar-refractivity contribution in [2.75, 3.05) is 19.6 Å². The lowest BCUT2D eigenvalue weighted by Crippen LogP contribution is -2.59. The van der Waals surface area contributed by atoms with Gasteiger partial charge in [0.15, 0.2) is 0 Å². The van der Waals surface area contributed by atoms with Crippen LogP contribution >= 0.6 is 0 Å². The van der Waals surface area contributed by atoms with Gasteiger partial charge in [-0.15, -0.1) is 0 Å². The minimum Gasteiger partial charge on any atom is -0.333 e. The fraction of sp³-hybridized carbons (Fsp3) is 0.375. The first kappa shape index (κ1) is 13.8. The maximum atomic E-state index is 12.9. The number of carbonyl (C=O) groups excluding carboxylic acids is 1. The standard InChI is InChI=1S/C16H19N3O2/c1-2-7-19(11-9-17-10-11)16(21)13-8-15(20)18-14-6-4-3-5-12(13)14/h3-6,8,11,17H,2,7,9-10H2,1H3,(H,18,20). The molecule has 0 bridgehead atoms. The van der Waals surface area contributed by atoms with E-state index < -0.39 is 0 Å². The van der Waals surface area contributed by atoms with E-state index >= 15 is 0 Å². The van der Waals surface area contributed by atoms with E-state index in [1.807, 2.05) is 29.2 Å². The topological polar surface area (TPSA) is 65.2 Å². The van der Waals surface area contributed by atoms with Crippen LogP contribution in [0.4, 0.5) is 0 Å². The Morgan fingerprint density at radius 3 is 2.76 bits per heavy atom. The quantitative estimate of drug-likeness (QED) is 0.891. The summed E-state index contributed by atoms with van der Waals surface area (Å²) in [6, 6.07) is 9.08. The minimum absolute atomic E-state index is 0.0503. The van der Waals surface area contributed by atoms with Crippen molar-refractivity contribution < 1.29 is 4.79 Å². The number of benzene rings is 1. The summed E-state index contributed by atoms with van der Waals surface area (Å²) in [6.07, 6.45) is 0.906. The number of amides is 1. The van der Waals surface area contributed by atoms with E-state index in [4.69, 9.17) is 0 Å². The highest BCUT2D eigenvalue weighted by atomic mass is 16.2. The van der Waals surface area contributed by atoms with Gasteiger partial charge in [-0.05, 0) is 12.5 Å². The largest absolute Gasteiger partial charge is 0.333 e. The molecule has 1 amide bonds. The number of aromatic amines is 1. The summed E-state index contributed by atoms with van der Waals surface area (Å²) in [4.78, 5) is 29.3. The second kappa shape index (κ2) is 5.69. The van der Waals surface area contributed by atoms with Gasteiger partial charge in [0, 0.05) is 36.6 Å². The highest BCUT2D eigenvalue weighted by Gasteiger charge is 2.29. The van der Waals surface area contributed by atoms with Crippen molar-refractivity contribution in [3.63, 3.8) is 0 Å². The van der Waals surface area contributed by atoms with Crippen LogP contribution < -0.4 is 10.9 Å². The van der Waals surface area contributed by atoms with Gasteiger partial charge >= 0.3 is 0 Å². The van der Waals surface area contributed by atoms with Crippen molar-refractivity contribution in [1.82, 2.24) is 15.2 Å². The normalized spacial score (nSPS) is 14.9. The van der Waals surface area contributed by atoms with E-state index in [0.29, 0.717) is 17.6 Å². The summed E-state index contributed by atoms with van der Waals surface area (Å²) in [5, 5.41) is 3.99. The van der Waals surface area contributed by atoms with Crippen LogP contribution in [-0.2, 0) is 0 Å². The van der Waals surface area contributed by atoms with Crippen LogP contribution in [0.5, 0.6) is 0 Å². The number of para-hydroxylation sites is 1. The molecule has 0 radical (unpaired) electrons. The second-order valence-electron chi connectivity index (χ2n) is 5.40. The third-order valence-corrected chi connectivity index (χ3v) is 3.91. The van der Waals surface area contributed by atoms with Gasteiger partial charge < -0.3 is 15.2 Å². The number of hydrogen-bond donors (Lipinski definition) is 2. The number of pyridine rings is 1. The van der Waals surface area contributed by atoms with Crippen LogP contribution in [-0.4, -0.2) is 41.5 Å². The molecule has 3 rings (SSSR count). The Morgan fingerprint density at radius 1 is 1.33 bits per heavy atom. The fourth-order valence-electron chi connectivity index (χ4n) is 2.72. The Kier molecular flexibility index (Phi) is 3.75. The van der Waals surface area contributed by atoms with E-state index in [1.165, 1.54) is 6.07 Å². The van der Waals surface area contributed by atoms with Gasteiger partial charge in [-0.3, -0.25) is 9.59 Å². The molecule has 1 fully saturated rings. The predicted octanol–water partition coefficient (Wildman–Crippen LogP) is 1.35. The number of carbonyl (C=O) groups is 1. The van der Waals surface area contributed by atoms with Gasteiger partial charge in [-0.25, -0.2) is 0 Å². The van der Waals surface area contributed by atoms with Gasteiger partial charge in [-0.2, -0.15) is 0 Å². The first-order valence-corrected chi connectivity index (χ1v) is 7.34. The average Bonchev–Trinajstić information content (AvgIpc) is 2.43. The zero-order valence-corrected chi connectivity index (χ0v) is 12.1. The molecular weight excluding hydrogens is 266 g/mol. The minimum atomic E-state index is -0.236. The maximum absolute atomic E-state index is 12.9. The molecule has 1 aromatic heterocycles. The Hall–Kier alpha value is -2.14. The third-order valence-electron chi connectivity index (χ3n) is 3.91. The van der Waals surface area contributed by atoms with Gasteiger partial charge in [0.05, 0.1) is 11.6 Å². The summed E-state index contributed by atoms with van der Waals surface area (Å²) in [5.41, 5.74) is 0.964. The molecule has 0 aliphatic carbocycles. The van der Waals surface area contributed by atoms with E-state index in [0.717, 1.165) is 24.9 Å². The zero-order valence-electron chi connectivity index (χ0n) is 12.1. The molecule has 1 saturated heterocycles. The Balaban J connectivity index is 2.05. The summed E-state index contributed by atoms with van der Waals surface area (Å²) in [7, 11) is 0. The number of rotatable bonds is 4. The maximum Gasteiger partial charge on any atom is 0.255 e. The van der Waals surface area contributed by atoms with Crippen LogP contribution in [0.3, 0.4) is 0 Å². The lowest BCUT2D eigenvalue weighted by Gasteiger charge is -2.38. The number of aromatic nitrogens is 1. The first-order chi connectivity index (χ1) is 10.2. The molecule has 0 atom stereocenters. The van der Waals surface area contributed by atoms with Crippen molar-refractivity contribution in [3.8, 4) is 0 Å². The number of nitrogens with zero attached hydrogens (tertiary/aromatic N) is 1. The van der Waals surface area contributed by atoms with Crippen molar-refractivity contribution >= 4 is 16.8 Å². The molecule has 0 unspecified atom stereocenters. The highest BCUT2D eigenvalue weighted by molar-refractivity contribution is 6.06. The van der Waals surface area contributed by atoms with Gasteiger partial charge in [0.2, 0.25) is 5.56 Å². The molecule has 0 saturated carbocycles. The lowest BCUT2D eigenvalue weighted by molar-refractivity contribution is 0.0617. The molecule has 2 heterocycles. The van der Waals surface area contributed by atoms with Crippen LogP contribution in [0.2, 0.25) is 0 Å². The molecule has 110 valence electrons. The molecular formula is C16H19N3O2. The lowest BCUT2D eigenvalue weighted by atomic mass is 10.0. The van der Waals surface area contributed by atoms with Crippen LogP contribution in [0.15, 0.2) is 35.1 Å². The van der Waals surface area contributed by atoms with Gasteiger partial charge in [0.1, 0.15) is 0 Å². The molecule has 21 heavy (non-hydrogen) atoms. The van der Waals surface area contributed by atoms with E-state index in [-0.39, 0.29) is 17.5 Å². The highest BCUT2D eigenvalue weighted by Crippen LogP contribution is 2.19. The van der Waals surface area contributed by atoms with Gasteiger partial charge in [-0.1, -0.05) is 25.1 Å². The number of fused-ring (bicyclic) bond motifs is 1. The fourth-order valence-corrected chi connectivity index (χ4v) is 2.72. The molecule has 2 aromatic rings. The van der Waals surface area contributed by atoms with E-state index in [9.17, 15) is 9.59 Å².